The van der Waals surface area contributed by atoms with E-state index in [4.69, 9.17) is 9.97 Å². The van der Waals surface area contributed by atoms with E-state index in [1.165, 1.54) is 92.1 Å². The molecule has 0 aliphatic rings. The van der Waals surface area contributed by atoms with Gasteiger partial charge in [0.15, 0.2) is 0 Å². The van der Waals surface area contributed by atoms with Crippen LogP contribution in [0, 0.1) is 0 Å². The fourth-order valence-corrected chi connectivity index (χ4v) is 10.2. The molecule has 0 unspecified atom stereocenters. The van der Waals surface area contributed by atoms with Crippen LogP contribution in [0.15, 0.2) is 219 Å². The maximum absolute atomic E-state index is 5.23. The summed E-state index contributed by atoms with van der Waals surface area (Å²) in [6, 6.07) is 77.4. The van der Waals surface area contributed by atoms with Gasteiger partial charge in [-0.2, -0.15) is 0 Å². The zero-order valence-corrected chi connectivity index (χ0v) is 33.7. The van der Waals surface area contributed by atoms with Crippen molar-refractivity contribution in [1.29, 1.82) is 0 Å². The molecule has 0 aliphatic heterocycles. The van der Waals surface area contributed by atoms with Gasteiger partial charge in [-0.15, -0.1) is 0 Å². The minimum absolute atomic E-state index is 0.845. The summed E-state index contributed by atoms with van der Waals surface area (Å²) in [5, 5.41) is 18.0. The van der Waals surface area contributed by atoms with Gasteiger partial charge in [0.05, 0.1) is 23.3 Å². The lowest BCUT2D eigenvalue weighted by Gasteiger charge is -2.18. The van der Waals surface area contributed by atoms with Crippen molar-refractivity contribution < 1.29 is 0 Å². The molecule has 13 aromatic rings. The second kappa shape index (κ2) is 13.7. The minimum atomic E-state index is 0.845. The lowest BCUT2D eigenvalue weighted by Crippen LogP contribution is -1.96. The molecule has 286 valence electrons. The fourth-order valence-electron chi connectivity index (χ4n) is 10.2. The Morgan fingerprint density at radius 3 is 1.29 bits per heavy atom. The highest BCUT2D eigenvalue weighted by Gasteiger charge is 2.18. The topological polar surface area (TPSA) is 25.8 Å². The van der Waals surface area contributed by atoms with Crippen LogP contribution in [0.1, 0.15) is 0 Å². The summed E-state index contributed by atoms with van der Waals surface area (Å²) < 4.78 is 0. The third-order valence-corrected chi connectivity index (χ3v) is 13.0. The van der Waals surface area contributed by atoms with Crippen molar-refractivity contribution in [2.24, 2.45) is 0 Å². The van der Waals surface area contributed by atoms with Crippen molar-refractivity contribution in [3.8, 4) is 56.0 Å². The van der Waals surface area contributed by atoms with Crippen molar-refractivity contribution in [1.82, 2.24) is 9.97 Å². The molecular weight excluding hydrogens is 749 g/mol. The van der Waals surface area contributed by atoms with Gasteiger partial charge < -0.3 is 0 Å². The highest BCUT2D eigenvalue weighted by molar-refractivity contribution is 6.37. The largest absolute Gasteiger partial charge is 0.252 e. The van der Waals surface area contributed by atoms with Crippen LogP contribution in [0.25, 0.3) is 131 Å². The Morgan fingerprint density at radius 2 is 0.710 bits per heavy atom. The van der Waals surface area contributed by atoms with Crippen molar-refractivity contribution in [3.05, 3.63) is 219 Å². The fraction of sp³-hybridized carbons (Fsp3) is 0. The SMILES string of the molecule is c1ccc(-c2ncc(-c3ccc(-c4ccc(-c5cc6ccc7cccc8c9cccc%10ccc%11cccc(c(c5)c6c78)c%11c%109)c5ccccc45)cc3)nc2-c2ccccc2)cc1. The van der Waals surface area contributed by atoms with Gasteiger partial charge >= 0.3 is 0 Å². The number of rotatable bonds is 5. The summed E-state index contributed by atoms with van der Waals surface area (Å²) in [6.45, 7) is 0. The molecule has 0 N–H and O–H groups in total. The molecule has 1 heterocycles. The normalized spacial score (nSPS) is 11.9. The zero-order valence-electron chi connectivity index (χ0n) is 33.7. The Bertz CT molecular complexity index is 3880. The Hall–Kier alpha value is -8.20. The maximum atomic E-state index is 5.23. The highest BCUT2D eigenvalue weighted by Crippen LogP contribution is 2.46. The van der Waals surface area contributed by atoms with Gasteiger partial charge in [-0.1, -0.05) is 200 Å². The molecule has 12 aromatic carbocycles. The maximum Gasteiger partial charge on any atom is 0.0972 e. The lowest BCUT2D eigenvalue weighted by atomic mass is 9.85. The van der Waals surface area contributed by atoms with Crippen LogP contribution in [0.2, 0.25) is 0 Å². The molecule has 0 amide bonds. The first-order valence-electron chi connectivity index (χ1n) is 21.3. The Kier molecular flexibility index (Phi) is 7.64. The first-order chi connectivity index (χ1) is 30.7. The average Bonchev–Trinajstić information content (AvgIpc) is 3.35. The number of hydrogen-bond acceptors (Lipinski definition) is 2. The van der Waals surface area contributed by atoms with E-state index >= 15 is 0 Å². The second-order valence-electron chi connectivity index (χ2n) is 16.4. The van der Waals surface area contributed by atoms with E-state index in [9.17, 15) is 0 Å². The van der Waals surface area contributed by atoms with Crippen LogP contribution >= 0.6 is 0 Å². The molecule has 2 nitrogen and oxygen atoms in total. The molecule has 0 saturated carbocycles. The Morgan fingerprint density at radius 1 is 0.258 bits per heavy atom. The van der Waals surface area contributed by atoms with Gasteiger partial charge in [0, 0.05) is 16.7 Å². The lowest BCUT2D eigenvalue weighted by molar-refractivity contribution is 1.21. The Labute approximate surface area is 358 Å². The van der Waals surface area contributed by atoms with E-state index in [-0.39, 0.29) is 0 Å². The van der Waals surface area contributed by atoms with Gasteiger partial charge in [0.2, 0.25) is 0 Å². The molecule has 0 fully saturated rings. The van der Waals surface area contributed by atoms with Gasteiger partial charge in [-0.05, 0) is 110 Å². The summed E-state index contributed by atoms with van der Waals surface area (Å²) in [7, 11) is 0. The number of hydrogen-bond donors (Lipinski definition) is 0. The molecular formula is C60H36N2. The zero-order chi connectivity index (χ0) is 40.7. The smallest absolute Gasteiger partial charge is 0.0972 e. The highest BCUT2D eigenvalue weighted by atomic mass is 14.8. The van der Waals surface area contributed by atoms with Crippen LogP contribution in [0.4, 0.5) is 0 Å². The van der Waals surface area contributed by atoms with E-state index in [0.29, 0.717) is 0 Å². The molecule has 0 saturated heterocycles. The monoisotopic (exact) mass is 784 g/mol. The first kappa shape index (κ1) is 34.6. The average molecular weight is 785 g/mol. The van der Waals surface area contributed by atoms with E-state index < -0.39 is 0 Å². The van der Waals surface area contributed by atoms with Crippen molar-refractivity contribution in [2.75, 3.05) is 0 Å². The van der Waals surface area contributed by atoms with E-state index in [1.54, 1.807) is 0 Å². The van der Waals surface area contributed by atoms with E-state index in [1.807, 2.05) is 30.5 Å². The molecule has 0 bridgehead atoms. The van der Waals surface area contributed by atoms with Gasteiger partial charge in [-0.25, -0.2) is 4.98 Å². The van der Waals surface area contributed by atoms with E-state index in [2.05, 4.69) is 188 Å². The van der Waals surface area contributed by atoms with Crippen LogP contribution in [-0.4, -0.2) is 9.97 Å². The van der Waals surface area contributed by atoms with E-state index in [0.717, 1.165) is 39.3 Å². The van der Waals surface area contributed by atoms with Crippen LogP contribution in [0.3, 0.4) is 0 Å². The number of benzene rings is 11. The third-order valence-electron chi connectivity index (χ3n) is 13.0. The minimum Gasteiger partial charge on any atom is -0.252 e. The summed E-state index contributed by atoms with van der Waals surface area (Å²) in [5.74, 6) is 0. The second-order valence-corrected chi connectivity index (χ2v) is 16.4. The Balaban J connectivity index is 0.974. The predicted octanol–water partition coefficient (Wildman–Crippen LogP) is 16.3. The molecule has 2 heteroatoms. The quantitative estimate of drug-likeness (QED) is 0.162. The standard InChI is InChI=1S/C60H36N2/c1-3-12-42(13-4-1)59-60(43-14-5-2-6-15-43)62-54(36-61-59)38-26-24-37(25-27-38)46-32-33-47(49-20-8-7-19-48(46)49)45-34-44-31-30-41-17-10-22-51-50-21-9-16-39-28-29-40-18-11-23-52(57(40)55(39)50)53(35-45)58(44)56(41)51/h1-36H. The summed E-state index contributed by atoms with van der Waals surface area (Å²) in [4.78, 5) is 10.2. The number of aromatic nitrogens is 2. The van der Waals surface area contributed by atoms with Crippen molar-refractivity contribution in [2.45, 2.75) is 0 Å². The van der Waals surface area contributed by atoms with Gasteiger partial charge in [0.1, 0.15) is 0 Å². The summed E-state index contributed by atoms with van der Waals surface area (Å²) in [6.07, 6.45) is 1.90. The van der Waals surface area contributed by atoms with Crippen LogP contribution in [-0.2, 0) is 0 Å². The number of fused-ring (bicyclic) bond motifs is 3. The summed E-state index contributed by atoms with van der Waals surface area (Å²) in [5.41, 5.74) is 10.5. The molecule has 0 atom stereocenters. The number of nitrogens with zero attached hydrogens (tertiary/aromatic N) is 2. The molecule has 62 heavy (non-hydrogen) atoms. The molecule has 13 rings (SSSR count). The van der Waals surface area contributed by atoms with Crippen molar-refractivity contribution in [3.63, 3.8) is 0 Å². The van der Waals surface area contributed by atoms with Crippen LogP contribution in [0.5, 0.6) is 0 Å². The van der Waals surface area contributed by atoms with Gasteiger partial charge in [0.25, 0.3) is 0 Å². The molecule has 0 aliphatic carbocycles. The van der Waals surface area contributed by atoms with Crippen LogP contribution < -0.4 is 0 Å². The molecule has 0 spiro atoms. The summed E-state index contributed by atoms with van der Waals surface area (Å²) >= 11 is 0. The first-order valence-corrected chi connectivity index (χ1v) is 21.3. The molecule has 0 radical (unpaired) electrons. The molecule has 1 aromatic heterocycles. The van der Waals surface area contributed by atoms with Gasteiger partial charge in [-0.3, -0.25) is 4.98 Å². The predicted molar refractivity (Wildman–Crippen MR) is 263 cm³/mol. The third kappa shape index (κ3) is 5.30. The van der Waals surface area contributed by atoms with Crippen molar-refractivity contribution >= 4 is 75.4 Å².